The summed E-state index contributed by atoms with van der Waals surface area (Å²) >= 11 is 0. The van der Waals surface area contributed by atoms with E-state index in [0.717, 1.165) is 13.0 Å². The van der Waals surface area contributed by atoms with E-state index in [9.17, 15) is 18.0 Å². The van der Waals surface area contributed by atoms with Gasteiger partial charge < -0.3 is 15.4 Å². The van der Waals surface area contributed by atoms with Gasteiger partial charge in [-0.2, -0.15) is 0 Å². The Balaban J connectivity index is 1.87. The van der Waals surface area contributed by atoms with Gasteiger partial charge in [0.25, 0.3) is 0 Å². The number of amides is 1. The van der Waals surface area contributed by atoms with Gasteiger partial charge in [-0.05, 0) is 36.9 Å². The third kappa shape index (κ3) is 5.42. The Morgan fingerprint density at radius 3 is 2.70 bits per heavy atom. The number of benzene rings is 1. The Kier molecular flexibility index (Phi) is 5.87. The molecule has 0 saturated heterocycles. The largest absolute Gasteiger partial charge is 0.573 e. The van der Waals surface area contributed by atoms with Crippen LogP contribution in [0.2, 0.25) is 0 Å². The summed E-state index contributed by atoms with van der Waals surface area (Å²) in [6, 6.07) is 6.01. The smallest absolute Gasteiger partial charge is 0.405 e. The molecule has 23 heavy (non-hydrogen) atoms. The number of hydrogen-bond donors (Lipinski definition) is 2. The maximum atomic E-state index is 12.4. The van der Waals surface area contributed by atoms with Gasteiger partial charge in [-0.1, -0.05) is 25.1 Å². The zero-order valence-electron chi connectivity index (χ0n) is 13.0. The molecule has 0 radical (unpaired) electrons. The maximum absolute atomic E-state index is 12.4. The molecular weight excluding hydrogens is 309 g/mol. The Morgan fingerprint density at radius 2 is 2.00 bits per heavy atom. The Bertz CT molecular complexity index is 534. The van der Waals surface area contributed by atoms with E-state index in [1.165, 1.54) is 12.1 Å². The summed E-state index contributed by atoms with van der Waals surface area (Å²) in [6.45, 7) is 4.15. The van der Waals surface area contributed by atoms with Gasteiger partial charge >= 0.3 is 6.36 Å². The van der Waals surface area contributed by atoms with Gasteiger partial charge in [0.05, 0.1) is 0 Å². The van der Waals surface area contributed by atoms with Crippen molar-refractivity contribution >= 4 is 5.91 Å². The summed E-state index contributed by atoms with van der Waals surface area (Å²) in [6.07, 6.45) is -3.16. The fraction of sp³-hybridized carbons (Fsp3) is 0.562. The van der Waals surface area contributed by atoms with Gasteiger partial charge in [0.1, 0.15) is 5.75 Å². The molecule has 2 N–H and O–H groups in total. The number of nitrogens with one attached hydrogen (secondary N) is 2. The fourth-order valence-electron chi connectivity index (χ4n) is 2.54. The second kappa shape index (κ2) is 7.68. The Labute approximate surface area is 133 Å². The maximum Gasteiger partial charge on any atom is 0.573 e. The van der Waals surface area contributed by atoms with Crippen molar-refractivity contribution in [1.82, 2.24) is 10.6 Å². The van der Waals surface area contributed by atoms with E-state index in [1.807, 2.05) is 0 Å². The predicted octanol–water partition coefficient (Wildman–Crippen LogP) is 2.80. The van der Waals surface area contributed by atoms with Crippen LogP contribution in [-0.4, -0.2) is 31.9 Å². The molecule has 1 aromatic rings. The molecule has 0 spiro atoms. The topological polar surface area (TPSA) is 50.4 Å². The highest BCUT2D eigenvalue weighted by molar-refractivity contribution is 5.83. The normalized spacial score (nSPS) is 20.2. The van der Waals surface area contributed by atoms with Crippen molar-refractivity contribution in [3.05, 3.63) is 29.8 Å². The predicted molar refractivity (Wildman–Crippen MR) is 80.1 cm³/mol. The van der Waals surface area contributed by atoms with Crippen LogP contribution in [0.1, 0.15) is 31.2 Å². The molecule has 2 rings (SSSR count). The van der Waals surface area contributed by atoms with Crippen molar-refractivity contribution in [1.29, 1.82) is 0 Å². The van der Waals surface area contributed by atoms with E-state index in [4.69, 9.17) is 0 Å². The van der Waals surface area contributed by atoms with Crippen LogP contribution in [0, 0.1) is 5.92 Å². The number of carbonyl (C=O) groups is 1. The Hall–Kier alpha value is -1.76. The van der Waals surface area contributed by atoms with Crippen LogP contribution in [0.4, 0.5) is 13.2 Å². The summed E-state index contributed by atoms with van der Waals surface area (Å²) in [4.78, 5) is 12.0. The first-order chi connectivity index (χ1) is 10.9. The molecule has 0 aromatic heterocycles. The molecule has 7 heteroatoms. The third-order valence-electron chi connectivity index (χ3n) is 3.70. The summed E-state index contributed by atoms with van der Waals surface area (Å²) in [5.74, 6) is -0.823. The first-order valence-electron chi connectivity index (χ1n) is 7.75. The van der Waals surface area contributed by atoms with E-state index in [0.29, 0.717) is 25.1 Å². The molecule has 0 bridgehead atoms. The minimum Gasteiger partial charge on any atom is -0.405 e. The summed E-state index contributed by atoms with van der Waals surface area (Å²) < 4.78 is 41.3. The molecule has 0 heterocycles. The molecule has 1 amide bonds. The lowest BCUT2D eigenvalue weighted by molar-refractivity contribution is -0.274. The minimum absolute atomic E-state index is 0.116. The monoisotopic (exact) mass is 330 g/mol. The van der Waals surface area contributed by atoms with Crippen molar-refractivity contribution in [2.24, 2.45) is 5.92 Å². The van der Waals surface area contributed by atoms with Crippen LogP contribution >= 0.6 is 0 Å². The highest BCUT2D eigenvalue weighted by Crippen LogP contribution is 2.50. The number of halogens is 3. The van der Waals surface area contributed by atoms with E-state index < -0.39 is 6.36 Å². The lowest BCUT2D eigenvalue weighted by Crippen LogP contribution is -2.33. The van der Waals surface area contributed by atoms with Crippen LogP contribution in [0.15, 0.2) is 24.3 Å². The standard InChI is InChI=1S/C16H21F3N2O2/c1-2-7-20-8-9-21-15(22)13-10-12(13)11-5-3-4-6-14(11)23-16(17,18)19/h3-6,12-13,20H,2,7-10H2,1H3,(H,21,22). The number of alkyl halides is 3. The average molecular weight is 330 g/mol. The van der Waals surface area contributed by atoms with Gasteiger partial charge in [0, 0.05) is 19.0 Å². The van der Waals surface area contributed by atoms with Gasteiger partial charge in [-0.3, -0.25) is 4.79 Å². The molecule has 0 aliphatic heterocycles. The van der Waals surface area contributed by atoms with Crippen molar-refractivity contribution in [3.63, 3.8) is 0 Å². The second-order valence-corrected chi connectivity index (χ2v) is 5.58. The fourth-order valence-corrected chi connectivity index (χ4v) is 2.54. The molecule has 2 atom stereocenters. The molecule has 4 nitrogen and oxygen atoms in total. The first kappa shape index (κ1) is 17.6. The van der Waals surface area contributed by atoms with Crippen molar-refractivity contribution in [2.75, 3.05) is 19.6 Å². The lowest BCUT2D eigenvalue weighted by atomic mass is 10.1. The molecule has 1 aromatic carbocycles. The number of rotatable bonds is 8. The van der Waals surface area contributed by atoms with E-state index in [1.54, 1.807) is 12.1 Å². The summed E-state index contributed by atoms with van der Waals surface area (Å²) in [5.41, 5.74) is 0.439. The highest BCUT2D eigenvalue weighted by Gasteiger charge is 2.46. The molecule has 1 saturated carbocycles. The number of carbonyl (C=O) groups excluding carboxylic acids is 1. The van der Waals surface area contributed by atoms with Crippen LogP contribution in [0.25, 0.3) is 0 Å². The Morgan fingerprint density at radius 1 is 1.26 bits per heavy atom. The van der Waals surface area contributed by atoms with Crippen LogP contribution in [-0.2, 0) is 4.79 Å². The van der Waals surface area contributed by atoms with Crippen LogP contribution in [0.3, 0.4) is 0 Å². The van der Waals surface area contributed by atoms with E-state index >= 15 is 0 Å². The second-order valence-electron chi connectivity index (χ2n) is 5.58. The molecule has 1 aliphatic rings. The summed E-state index contributed by atoms with van der Waals surface area (Å²) in [5, 5.41) is 5.97. The minimum atomic E-state index is -4.73. The van der Waals surface area contributed by atoms with Gasteiger partial charge in [-0.25, -0.2) is 0 Å². The quantitative estimate of drug-likeness (QED) is 0.721. The molecular formula is C16H21F3N2O2. The van der Waals surface area contributed by atoms with Crippen LogP contribution < -0.4 is 15.4 Å². The molecule has 2 unspecified atom stereocenters. The van der Waals surface area contributed by atoms with Crippen LogP contribution in [0.5, 0.6) is 5.75 Å². The number of ether oxygens (including phenoxy) is 1. The SMILES string of the molecule is CCCNCCNC(=O)C1CC1c1ccccc1OC(F)(F)F. The van der Waals surface area contributed by atoms with Crippen molar-refractivity contribution < 1.29 is 22.7 Å². The summed E-state index contributed by atoms with van der Waals surface area (Å²) in [7, 11) is 0. The third-order valence-corrected chi connectivity index (χ3v) is 3.70. The van der Waals surface area contributed by atoms with Gasteiger partial charge in [0.2, 0.25) is 5.91 Å². The molecule has 1 fully saturated rings. The number of para-hydroxylation sites is 1. The molecule has 128 valence electrons. The van der Waals surface area contributed by atoms with Crippen molar-refractivity contribution in [2.45, 2.75) is 32.0 Å². The van der Waals surface area contributed by atoms with Gasteiger partial charge in [0.15, 0.2) is 0 Å². The lowest BCUT2D eigenvalue weighted by Gasteiger charge is -2.13. The average Bonchev–Trinajstić information content (AvgIpc) is 3.26. The zero-order chi connectivity index (χ0) is 16.9. The molecule has 1 aliphatic carbocycles. The van der Waals surface area contributed by atoms with Crippen molar-refractivity contribution in [3.8, 4) is 5.75 Å². The first-order valence-corrected chi connectivity index (χ1v) is 7.75. The van der Waals surface area contributed by atoms with E-state index in [-0.39, 0.29) is 23.5 Å². The number of hydrogen-bond acceptors (Lipinski definition) is 3. The van der Waals surface area contributed by atoms with Gasteiger partial charge in [-0.15, -0.1) is 13.2 Å². The van der Waals surface area contributed by atoms with E-state index in [2.05, 4.69) is 22.3 Å². The zero-order valence-corrected chi connectivity index (χ0v) is 13.0. The highest BCUT2D eigenvalue weighted by atomic mass is 19.4.